The first-order chi connectivity index (χ1) is 11.0. The van der Waals surface area contributed by atoms with Gasteiger partial charge in [-0.2, -0.15) is 5.10 Å². The van der Waals surface area contributed by atoms with Crippen molar-refractivity contribution in [2.75, 3.05) is 12.5 Å². The van der Waals surface area contributed by atoms with Gasteiger partial charge in [0.1, 0.15) is 12.4 Å². The number of hydrogen-bond acceptors (Lipinski definition) is 3. The van der Waals surface area contributed by atoms with Crippen molar-refractivity contribution in [3.8, 4) is 5.75 Å². The first kappa shape index (κ1) is 15.9. The van der Waals surface area contributed by atoms with Gasteiger partial charge in [0, 0.05) is 17.1 Å². The van der Waals surface area contributed by atoms with Gasteiger partial charge < -0.3 is 10.1 Å². The number of fused-ring (bicyclic) bond motifs is 1. The molecule has 6 heteroatoms. The van der Waals surface area contributed by atoms with Crippen molar-refractivity contribution < 1.29 is 9.53 Å². The summed E-state index contributed by atoms with van der Waals surface area (Å²) in [6.45, 7) is 6.82. The lowest BCUT2D eigenvalue weighted by Crippen LogP contribution is -2.30. The quantitative estimate of drug-likeness (QED) is 0.875. The summed E-state index contributed by atoms with van der Waals surface area (Å²) in [5.41, 5.74) is 4.35. The molecule has 0 bridgehead atoms. The lowest BCUT2D eigenvalue weighted by Gasteiger charge is -2.12. The number of benzene rings is 1. The summed E-state index contributed by atoms with van der Waals surface area (Å²) >= 11 is 5.78. The molecule has 0 saturated heterocycles. The van der Waals surface area contributed by atoms with Gasteiger partial charge >= 0.3 is 0 Å². The number of rotatable bonds is 4. The van der Waals surface area contributed by atoms with Crippen molar-refractivity contribution in [1.82, 2.24) is 15.1 Å². The molecule has 0 spiro atoms. The monoisotopic (exact) mass is 333 g/mol. The fourth-order valence-electron chi connectivity index (χ4n) is 3.01. The van der Waals surface area contributed by atoms with Crippen LogP contribution in [-0.4, -0.2) is 28.2 Å². The molecule has 3 rings (SSSR count). The van der Waals surface area contributed by atoms with Gasteiger partial charge in [0.25, 0.3) is 5.91 Å². The number of halogens is 1. The number of amides is 1. The molecule has 2 heterocycles. The minimum Gasteiger partial charge on any atom is -0.491 e. The van der Waals surface area contributed by atoms with Crippen LogP contribution in [0.5, 0.6) is 5.75 Å². The first-order valence-electron chi connectivity index (χ1n) is 7.65. The van der Waals surface area contributed by atoms with E-state index in [2.05, 4.69) is 16.5 Å². The Balaban J connectivity index is 1.83. The molecular weight excluding hydrogens is 314 g/mol. The van der Waals surface area contributed by atoms with E-state index in [9.17, 15) is 4.79 Å². The molecule has 1 atom stereocenters. The average molecular weight is 334 g/mol. The third-order valence-electron chi connectivity index (χ3n) is 4.16. The molecule has 122 valence electrons. The van der Waals surface area contributed by atoms with Crippen molar-refractivity contribution in [3.63, 3.8) is 0 Å². The maximum absolute atomic E-state index is 12.7. The summed E-state index contributed by atoms with van der Waals surface area (Å²) in [5, 5.41) is 7.46. The smallest absolute Gasteiger partial charge is 0.255 e. The Bertz CT molecular complexity index is 755. The molecule has 1 aliphatic heterocycles. The molecule has 1 amide bonds. The van der Waals surface area contributed by atoms with Crippen LogP contribution >= 0.6 is 11.6 Å². The van der Waals surface area contributed by atoms with Gasteiger partial charge in [-0.05, 0) is 26.8 Å². The highest BCUT2D eigenvalue weighted by Crippen LogP contribution is 2.33. The third kappa shape index (κ3) is 2.93. The van der Waals surface area contributed by atoms with E-state index < -0.39 is 0 Å². The number of nitrogens with one attached hydrogen (secondary N) is 1. The highest BCUT2D eigenvalue weighted by Gasteiger charge is 2.28. The minimum atomic E-state index is -0.132. The molecule has 0 unspecified atom stereocenters. The number of ether oxygens (including phenoxy) is 1. The van der Waals surface area contributed by atoms with Gasteiger partial charge in [0.15, 0.2) is 0 Å². The predicted octanol–water partition coefficient (Wildman–Crippen LogP) is 2.91. The van der Waals surface area contributed by atoms with Crippen LogP contribution in [0.25, 0.3) is 0 Å². The highest BCUT2D eigenvalue weighted by molar-refractivity contribution is 6.17. The molecule has 1 aliphatic rings. The van der Waals surface area contributed by atoms with E-state index in [1.165, 1.54) is 0 Å². The summed E-state index contributed by atoms with van der Waals surface area (Å²) in [4.78, 5) is 12.7. The van der Waals surface area contributed by atoms with Crippen LogP contribution in [-0.2, 0) is 6.54 Å². The molecule has 23 heavy (non-hydrogen) atoms. The molecule has 0 saturated carbocycles. The summed E-state index contributed by atoms with van der Waals surface area (Å²) < 4.78 is 7.43. The zero-order valence-electron chi connectivity index (χ0n) is 13.5. The second-order valence-corrected chi connectivity index (χ2v) is 6.21. The summed E-state index contributed by atoms with van der Waals surface area (Å²) in [6.07, 6.45) is 0. The topological polar surface area (TPSA) is 56.2 Å². The number of alkyl halides is 1. The van der Waals surface area contributed by atoms with Crippen molar-refractivity contribution in [1.29, 1.82) is 0 Å². The summed E-state index contributed by atoms with van der Waals surface area (Å²) in [6, 6.07) is 5.89. The number of carbonyl (C=O) groups excluding carboxylic acids is 1. The van der Waals surface area contributed by atoms with Gasteiger partial charge in [0.2, 0.25) is 0 Å². The van der Waals surface area contributed by atoms with Crippen LogP contribution in [0.4, 0.5) is 0 Å². The van der Waals surface area contributed by atoms with E-state index in [0.717, 1.165) is 22.6 Å². The maximum Gasteiger partial charge on any atom is 0.255 e. The van der Waals surface area contributed by atoms with Gasteiger partial charge in [-0.15, -0.1) is 11.6 Å². The van der Waals surface area contributed by atoms with E-state index in [1.807, 2.05) is 32.9 Å². The van der Waals surface area contributed by atoms with Gasteiger partial charge in [-0.25, -0.2) is 0 Å². The van der Waals surface area contributed by atoms with Gasteiger partial charge in [0.05, 0.1) is 23.8 Å². The molecule has 5 nitrogen and oxygen atoms in total. The van der Waals surface area contributed by atoms with Gasteiger partial charge in [-0.1, -0.05) is 17.7 Å². The fourth-order valence-corrected chi connectivity index (χ4v) is 3.17. The second kappa shape index (κ2) is 6.24. The molecule has 0 radical (unpaired) electrons. The standard InChI is InChI=1S/C17H20ClN3O2/c1-10-4-5-15-13(8-10)14(9-23-15)19-17(22)16-11(2)20-21(7-6-18)12(16)3/h4-5,8,14H,6-7,9H2,1-3H3,(H,19,22)/t14-/m0/s1. The largest absolute Gasteiger partial charge is 0.491 e. The molecular formula is C17H20ClN3O2. The zero-order chi connectivity index (χ0) is 16.6. The number of aromatic nitrogens is 2. The Morgan fingerprint density at radius 1 is 1.43 bits per heavy atom. The van der Waals surface area contributed by atoms with Crippen LogP contribution in [0.1, 0.15) is 38.9 Å². The van der Waals surface area contributed by atoms with E-state index in [1.54, 1.807) is 4.68 Å². The van der Waals surface area contributed by atoms with Crippen molar-refractivity contribution in [3.05, 3.63) is 46.3 Å². The van der Waals surface area contributed by atoms with E-state index >= 15 is 0 Å². The predicted molar refractivity (Wildman–Crippen MR) is 89.3 cm³/mol. The Morgan fingerprint density at radius 3 is 2.96 bits per heavy atom. The molecule has 1 N–H and O–H groups in total. The van der Waals surface area contributed by atoms with Crippen molar-refractivity contribution in [2.45, 2.75) is 33.4 Å². The molecule has 1 aromatic heterocycles. The second-order valence-electron chi connectivity index (χ2n) is 5.84. The van der Waals surface area contributed by atoms with Gasteiger partial charge in [-0.3, -0.25) is 9.48 Å². The zero-order valence-corrected chi connectivity index (χ0v) is 14.3. The Labute approximate surface area is 140 Å². The maximum atomic E-state index is 12.7. The number of nitrogens with zero attached hydrogens (tertiary/aromatic N) is 2. The van der Waals surface area contributed by atoms with Crippen LogP contribution in [0, 0.1) is 20.8 Å². The fraction of sp³-hybridized carbons (Fsp3) is 0.412. The summed E-state index contributed by atoms with van der Waals surface area (Å²) in [7, 11) is 0. The lowest BCUT2D eigenvalue weighted by molar-refractivity contribution is 0.0929. The van der Waals surface area contributed by atoms with E-state index in [4.69, 9.17) is 16.3 Å². The Kier molecular flexibility index (Phi) is 4.31. The molecule has 0 fully saturated rings. The Morgan fingerprint density at radius 2 is 2.22 bits per heavy atom. The first-order valence-corrected chi connectivity index (χ1v) is 8.19. The van der Waals surface area contributed by atoms with Crippen LogP contribution in [0.3, 0.4) is 0 Å². The van der Waals surface area contributed by atoms with Crippen molar-refractivity contribution >= 4 is 17.5 Å². The number of hydrogen-bond donors (Lipinski definition) is 1. The third-order valence-corrected chi connectivity index (χ3v) is 4.33. The van der Waals surface area contributed by atoms with Crippen LogP contribution in [0.2, 0.25) is 0 Å². The minimum absolute atomic E-state index is 0.122. The highest BCUT2D eigenvalue weighted by atomic mass is 35.5. The number of aryl methyl sites for hydroxylation is 3. The van der Waals surface area contributed by atoms with Crippen LogP contribution < -0.4 is 10.1 Å². The normalized spacial score (nSPS) is 16.1. The molecule has 0 aliphatic carbocycles. The Hall–Kier alpha value is -2.01. The SMILES string of the molecule is Cc1ccc2c(c1)[C@@H](NC(=O)c1c(C)nn(CCCl)c1C)CO2. The molecule has 2 aromatic rings. The van der Waals surface area contributed by atoms with E-state index in [-0.39, 0.29) is 11.9 Å². The van der Waals surface area contributed by atoms with Crippen molar-refractivity contribution in [2.24, 2.45) is 0 Å². The molecule has 1 aromatic carbocycles. The van der Waals surface area contributed by atoms with Crippen LogP contribution in [0.15, 0.2) is 18.2 Å². The summed E-state index contributed by atoms with van der Waals surface area (Å²) in [5.74, 6) is 1.18. The number of carbonyl (C=O) groups is 1. The lowest BCUT2D eigenvalue weighted by atomic mass is 10.0. The van der Waals surface area contributed by atoms with E-state index in [0.29, 0.717) is 30.3 Å². The average Bonchev–Trinajstić information content (AvgIpc) is 3.01.